The number of likely N-dealkylation sites (tertiary alicyclic amines) is 1. The minimum atomic E-state index is 0.754. The quantitative estimate of drug-likeness (QED) is 0.752. The summed E-state index contributed by atoms with van der Waals surface area (Å²) in [7, 11) is 2.11. The fourth-order valence-electron chi connectivity index (χ4n) is 3.38. The third-order valence-corrected chi connectivity index (χ3v) is 4.40. The minimum absolute atomic E-state index is 0.754. The van der Waals surface area contributed by atoms with E-state index in [4.69, 9.17) is 0 Å². The first-order chi connectivity index (χ1) is 7.31. The molecule has 0 aromatic rings. The SMILES string of the molecule is CNC1CCN(C2CCCCC2)CC1C. The van der Waals surface area contributed by atoms with Crippen molar-refractivity contribution < 1.29 is 0 Å². The summed E-state index contributed by atoms with van der Waals surface area (Å²) in [6.45, 7) is 5.03. The lowest BCUT2D eigenvalue weighted by Crippen LogP contribution is -2.51. The van der Waals surface area contributed by atoms with Gasteiger partial charge >= 0.3 is 0 Å². The summed E-state index contributed by atoms with van der Waals surface area (Å²) in [5, 5.41) is 3.45. The Kier molecular flexibility index (Phi) is 4.04. The van der Waals surface area contributed by atoms with Crippen molar-refractivity contribution in [1.29, 1.82) is 0 Å². The van der Waals surface area contributed by atoms with Crippen LogP contribution in [0.2, 0.25) is 0 Å². The van der Waals surface area contributed by atoms with Gasteiger partial charge in [-0.05, 0) is 38.8 Å². The number of piperidine rings is 1. The van der Waals surface area contributed by atoms with Crippen LogP contribution in [0.15, 0.2) is 0 Å². The number of hydrogen-bond donors (Lipinski definition) is 1. The standard InChI is InChI=1S/C13H26N2/c1-11-10-15(9-8-13(11)14-2)12-6-4-3-5-7-12/h11-14H,3-10H2,1-2H3. The van der Waals surface area contributed by atoms with E-state index in [2.05, 4.69) is 24.2 Å². The summed E-state index contributed by atoms with van der Waals surface area (Å²) >= 11 is 0. The Morgan fingerprint density at radius 3 is 2.40 bits per heavy atom. The monoisotopic (exact) mass is 210 g/mol. The molecule has 0 radical (unpaired) electrons. The highest BCUT2D eigenvalue weighted by atomic mass is 15.2. The van der Waals surface area contributed by atoms with E-state index in [0.717, 1.165) is 18.0 Å². The summed E-state index contributed by atoms with van der Waals surface area (Å²) in [5.41, 5.74) is 0. The molecule has 0 spiro atoms. The molecule has 2 aliphatic rings. The zero-order valence-electron chi connectivity index (χ0n) is 10.3. The molecule has 1 heterocycles. The molecule has 15 heavy (non-hydrogen) atoms. The van der Waals surface area contributed by atoms with Gasteiger partial charge in [0.05, 0.1) is 0 Å². The number of nitrogens with zero attached hydrogens (tertiary/aromatic N) is 1. The molecule has 2 fully saturated rings. The molecule has 1 aliphatic carbocycles. The van der Waals surface area contributed by atoms with Crippen LogP contribution in [0.25, 0.3) is 0 Å². The van der Waals surface area contributed by atoms with Crippen LogP contribution in [0.5, 0.6) is 0 Å². The summed E-state index contributed by atoms with van der Waals surface area (Å²) < 4.78 is 0. The molecule has 0 bridgehead atoms. The molecule has 0 aromatic heterocycles. The van der Waals surface area contributed by atoms with Crippen molar-refractivity contribution in [1.82, 2.24) is 10.2 Å². The van der Waals surface area contributed by atoms with E-state index in [-0.39, 0.29) is 0 Å². The van der Waals surface area contributed by atoms with Gasteiger partial charge in [-0.2, -0.15) is 0 Å². The zero-order valence-corrected chi connectivity index (χ0v) is 10.3. The molecule has 2 nitrogen and oxygen atoms in total. The van der Waals surface area contributed by atoms with Crippen LogP contribution in [0.1, 0.15) is 45.4 Å². The lowest BCUT2D eigenvalue weighted by molar-refractivity contribution is 0.0858. The normalized spacial score (nSPS) is 35.6. The van der Waals surface area contributed by atoms with Crippen LogP contribution >= 0.6 is 0 Å². The van der Waals surface area contributed by atoms with Gasteiger partial charge in [-0.25, -0.2) is 0 Å². The maximum absolute atomic E-state index is 3.45. The van der Waals surface area contributed by atoms with Crippen molar-refractivity contribution in [2.24, 2.45) is 5.92 Å². The molecule has 1 saturated heterocycles. The Morgan fingerprint density at radius 1 is 1.07 bits per heavy atom. The first-order valence-corrected chi connectivity index (χ1v) is 6.72. The van der Waals surface area contributed by atoms with Gasteiger partial charge in [0.2, 0.25) is 0 Å². The number of hydrogen-bond acceptors (Lipinski definition) is 2. The molecule has 1 aliphatic heterocycles. The molecule has 1 N–H and O–H groups in total. The fraction of sp³-hybridized carbons (Fsp3) is 1.00. The van der Waals surface area contributed by atoms with Gasteiger partial charge < -0.3 is 10.2 Å². The maximum Gasteiger partial charge on any atom is 0.0114 e. The Morgan fingerprint density at radius 2 is 1.80 bits per heavy atom. The van der Waals surface area contributed by atoms with Crippen molar-refractivity contribution in [3.63, 3.8) is 0 Å². The van der Waals surface area contributed by atoms with E-state index in [0.29, 0.717) is 0 Å². The first kappa shape index (κ1) is 11.4. The Labute approximate surface area is 94.4 Å². The lowest BCUT2D eigenvalue weighted by Gasteiger charge is -2.42. The summed E-state index contributed by atoms with van der Waals surface area (Å²) in [6, 6.07) is 1.67. The summed E-state index contributed by atoms with van der Waals surface area (Å²) in [6.07, 6.45) is 8.65. The van der Waals surface area contributed by atoms with Gasteiger partial charge in [-0.3, -0.25) is 0 Å². The molecule has 2 unspecified atom stereocenters. The highest BCUT2D eigenvalue weighted by Crippen LogP contribution is 2.26. The molecular formula is C13H26N2. The molecule has 2 rings (SSSR count). The maximum atomic E-state index is 3.45. The van der Waals surface area contributed by atoms with Gasteiger partial charge in [0.15, 0.2) is 0 Å². The first-order valence-electron chi connectivity index (χ1n) is 6.72. The largest absolute Gasteiger partial charge is 0.317 e. The predicted octanol–water partition coefficient (Wildman–Crippen LogP) is 2.25. The van der Waals surface area contributed by atoms with E-state index < -0.39 is 0 Å². The second-order valence-electron chi connectivity index (χ2n) is 5.45. The average Bonchev–Trinajstić information content (AvgIpc) is 2.30. The van der Waals surface area contributed by atoms with E-state index in [1.165, 1.54) is 51.6 Å². The second kappa shape index (κ2) is 5.31. The van der Waals surface area contributed by atoms with Crippen molar-refractivity contribution in [2.45, 2.75) is 57.5 Å². The van der Waals surface area contributed by atoms with Crippen LogP contribution in [-0.4, -0.2) is 37.1 Å². The molecule has 2 atom stereocenters. The van der Waals surface area contributed by atoms with Crippen LogP contribution in [0, 0.1) is 5.92 Å². The Balaban J connectivity index is 1.84. The van der Waals surface area contributed by atoms with Crippen LogP contribution in [0.4, 0.5) is 0 Å². The van der Waals surface area contributed by atoms with Gasteiger partial charge in [0.1, 0.15) is 0 Å². The molecule has 0 aromatic carbocycles. The van der Waals surface area contributed by atoms with E-state index in [9.17, 15) is 0 Å². The van der Waals surface area contributed by atoms with Crippen LogP contribution in [0.3, 0.4) is 0 Å². The molecule has 1 saturated carbocycles. The average molecular weight is 210 g/mol. The smallest absolute Gasteiger partial charge is 0.0114 e. The third kappa shape index (κ3) is 2.73. The van der Waals surface area contributed by atoms with Crippen LogP contribution in [-0.2, 0) is 0 Å². The predicted molar refractivity (Wildman–Crippen MR) is 65.1 cm³/mol. The lowest BCUT2D eigenvalue weighted by atomic mass is 9.88. The number of rotatable bonds is 2. The molecule has 0 amide bonds. The Hall–Kier alpha value is -0.0800. The van der Waals surface area contributed by atoms with Crippen molar-refractivity contribution in [3.05, 3.63) is 0 Å². The highest BCUT2D eigenvalue weighted by Gasteiger charge is 2.29. The third-order valence-electron chi connectivity index (χ3n) is 4.40. The van der Waals surface area contributed by atoms with Crippen molar-refractivity contribution in [2.75, 3.05) is 20.1 Å². The van der Waals surface area contributed by atoms with Crippen molar-refractivity contribution in [3.8, 4) is 0 Å². The topological polar surface area (TPSA) is 15.3 Å². The molecular weight excluding hydrogens is 184 g/mol. The molecule has 2 heteroatoms. The van der Waals surface area contributed by atoms with E-state index in [1.807, 2.05) is 0 Å². The van der Waals surface area contributed by atoms with Crippen LogP contribution < -0.4 is 5.32 Å². The van der Waals surface area contributed by atoms with E-state index >= 15 is 0 Å². The zero-order chi connectivity index (χ0) is 10.7. The number of nitrogens with one attached hydrogen (secondary N) is 1. The summed E-state index contributed by atoms with van der Waals surface area (Å²) in [4.78, 5) is 2.76. The van der Waals surface area contributed by atoms with Gasteiger partial charge in [0.25, 0.3) is 0 Å². The van der Waals surface area contributed by atoms with Gasteiger partial charge in [0, 0.05) is 18.6 Å². The van der Waals surface area contributed by atoms with Gasteiger partial charge in [-0.1, -0.05) is 26.2 Å². The van der Waals surface area contributed by atoms with E-state index in [1.54, 1.807) is 0 Å². The second-order valence-corrected chi connectivity index (χ2v) is 5.45. The van der Waals surface area contributed by atoms with Gasteiger partial charge in [-0.15, -0.1) is 0 Å². The highest BCUT2D eigenvalue weighted by molar-refractivity contribution is 4.86. The molecule has 88 valence electrons. The summed E-state index contributed by atoms with van der Waals surface area (Å²) in [5.74, 6) is 0.825. The fourth-order valence-corrected chi connectivity index (χ4v) is 3.38. The Bertz CT molecular complexity index is 187. The van der Waals surface area contributed by atoms with Crippen molar-refractivity contribution >= 4 is 0 Å². The minimum Gasteiger partial charge on any atom is -0.317 e.